The van der Waals surface area contributed by atoms with Crippen molar-refractivity contribution in [2.24, 2.45) is 0 Å². The van der Waals surface area contributed by atoms with E-state index in [1.54, 1.807) is 24.3 Å². The molecule has 1 fully saturated rings. The number of hydrogen-bond acceptors (Lipinski definition) is 4. The highest BCUT2D eigenvalue weighted by atomic mass is 16.5. The van der Waals surface area contributed by atoms with Crippen LogP contribution in [0.25, 0.3) is 0 Å². The van der Waals surface area contributed by atoms with Crippen molar-refractivity contribution in [3.8, 4) is 0 Å². The van der Waals surface area contributed by atoms with Gasteiger partial charge in [-0.2, -0.15) is 0 Å². The molecular formula is C14H16N2O5. The van der Waals surface area contributed by atoms with Gasteiger partial charge in [0.25, 0.3) is 5.91 Å². The van der Waals surface area contributed by atoms with E-state index in [2.05, 4.69) is 15.4 Å². The Bertz CT molecular complexity index is 554. The summed E-state index contributed by atoms with van der Waals surface area (Å²) in [4.78, 5) is 33.7. The number of nitrogens with one attached hydrogen (secondary N) is 2. The quantitative estimate of drug-likeness (QED) is 0.683. The summed E-state index contributed by atoms with van der Waals surface area (Å²) in [6.07, 6.45) is 2.01. The van der Waals surface area contributed by atoms with E-state index in [1.807, 2.05) is 0 Å². The average molecular weight is 292 g/mol. The lowest BCUT2D eigenvalue weighted by molar-refractivity contribution is -0.143. The molecule has 112 valence electrons. The molecule has 0 aromatic heterocycles. The molecule has 2 rings (SSSR count). The summed E-state index contributed by atoms with van der Waals surface area (Å²) in [5.41, 5.74) is 0.925. The van der Waals surface area contributed by atoms with Gasteiger partial charge < -0.3 is 20.5 Å². The summed E-state index contributed by atoms with van der Waals surface area (Å²) >= 11 is 0. The third-order valence-electron chi connectivity index (χ3n) is 2.78. The van der Waals surface area contributed by atoms with E-state index in [9.17, 15) is 14.4 Å². The maximum atomic E-state index is 11.9. The first-order valence-corrected chi connectivity index (χ1v) is 6.55. The number of benzene rings is 1. The van der Waals surface area contributed by atoms with Crippen LogP contribution in [0.1, 0.15) is 23.2 Å². The zero-order chi connectivity index (χ0) is 15.2. The molecule has 1 aromatic rings. The summed E-state index contributed by atoms with van der Waals surface area (Å²) in [6.45, 7) is -0.887. The van der Waals surface area contributed by atoms with Gasteiger partial charge in [-0.05, 0) is 31.0 Å². The number of ether oxygens (including phenoxy) is 1. The first-order chi connectivity index (χ1) is 10.0. The zero-order valence-electron chi connectivity index (χ0n) is 11.3. The van der Waals surface area contributed by atoms with Crippen LogP contribution in [0.2, 0.25) is 0 Å². The second kappa shape index (κ2) is 6.85. The van der Waals surface area contributed by atoms with Crippen molar-refractivity contribution in [1.82, 2.24) is 5.32 Å². The van der Waals surface area contributed by atoms with E-state index < -0.39 is 18.5 Å². The van der Waals surface area contributed by atoms with Gasteiger partial charge in [-0.15, -0.1) is 0 Å². The minimum absolute atomic E-state index is 0.171. The minimum Gasteiger partial charge on any atom is -0.480 e. The number of carbonyl (C=O) groups excluding carboxylic acids is 2. The molecule has 1 saturated carbocycles. The first-order valence-electron chi connectivity index (χ1n) is 6.55. The van der Waals surface area contributed by atoms with Crippen molar-refractivity contribution in [3.63, 3.8) is 0 Å². The Labute approximate surface area is 121 Å². The van der Waals surface area contributed by atoms with Crippen molar-refractivity contribution in [3.05, 3.63) is 29.8 Å². The lowest BCUT2D eigenvalue weighted by Gasteiger charge is -2.08. The number of anilines is 1. The monoisotopic (exact) mass is 292 g/mol. The van der Waals surface area contributed by atoms with E-state index in [1.165, 1.54) is 0 Å². The van der Waals surface area contributed by atoms with E-state index >= 15 is 0 Å². The SMILES string of the molecule is O=C(O)COCC(=O)Nc1cccc(C(=O)NC2CC2)c1. The van der Waals surface area contributed by atoms with Gasteiger partial charge in [-0.25, -0.2) is 4.79 Å². The lowest BCUT2D eigenvalue weighted by atomic mass is 10.2. The van der Waals surface area contributed by atoms with Gasteiger partial charge in [0.2, 0.25) is 5.91 Å². The van der Waals surface area contributed by atoms with Crippen molar-refractivity contribution >= 4 is 23.5 Å². The predicted molar refractivity (Wildman–Crippen MR) is 74.0 cm³/mol. The molecule has 0 unspecified atom stereocenters. The molecule has 2 amide bonds. The Morgan fingerprint density at radius 1 is 1.24 bits per heavy atom. The van der Waals surface area contributed by atoms with Crippen LogP contribution < -0.4 is 10.6 Å². The molecular weight excluding hydrogens is 276 g/mol. The molecule has 0 saturated heterocycles. The molecule has 0 radical (unpaired) electrons. The number of hydrogen-bond donors (Lipinski definition) is 3. The normalized spacial score (nSPS) is 13.5. The molecule has 0 atom stereocenters. The second-order valence-corrected chi connectivity index (χ2v) is 4.76. The molecule has 1 aliphatic carbocycles. The molecule has 1 aromatic carbocycles. The van der Waals surface area contributed by atoms with Gasteiger partial charge in [-0.1, -0.05) is 6.07 Å². The van der Waals surface area contributed by atoms with Crippen LogP contribution in [0.4, 0.5) is 5.69 Å². The Balaban J connectivity index is 1.86. The van der Waals surface area contributed by atoms with E-state index in [0.717, 1.165) is 12.8 Å². The van der Waals surface area contributed by atoms with Gasteiger partial charge >= 0.3 is 5.97 Å². The third kappa shape index (κ3) is 5.23. The van der Waals surface area contributed by atoms with Crippen LogP contribution >= 0.6 is 0 Å². The topological polar surface area (TPSA) is 105 Å². The van der Waals surface area contributed by atoms with Crippen LogP contribution in [0.5, 0.6) is 0 Å². The molecule has 21 heavy (non-hydrogen) atoms. The van der Waals surface area contributed by atoms with Gasteiger partial charge in [0.05, 0.1) is 0 Å². The van der Waals surface area contributed by atoms with E-state index in [4.69, 9.17) is 5.11 Å². The molecule has 7 nitrogen and oxygen atoms in total. The summed E-state index contributed by atoms with van der Waals surface area (Å²) in [5.74, 6) is -1.78. The van der Waals surface area contributed by atoms with Gasteiger partial charge in [0.1, 0.15) is 13.2 Å². The zero-order valence-corrected chi connectivity index (χ0v) is 11.3. The second-order valence-electron chi connectivity index (χ2n) is 4.76. The van der Waals surface area contributed by atoms with Crippen LogP contribution in [0, 0.1) is 0 Å². The standard InChI is InChI=1S/C14H16N2O5/c17-12(7-21-8-13(18)19)15-11-3-1-2-9(6-11)14(20)16-10-4-5-10/h1-3,6,10H,4-5,7-8H2,(H,15,17)(H,16,20)(H,18,19). The fourth-order valence-corrected chi connectivity index (χ4v) is 1.66. The van der Waals surface area contributed by atoms with Gasteiger partial charge in [0, 0.05) is 17.3 Å². The highest BCUT2D eigenvalue weighted by molar-refractivity contribution is 5.97. The highest BCUT2D eigenvalue weighted by Crippen LogP contribution is 2.20. The molecule has 0 bridgehead atoms. The van der Waals surface area contributed by atoms with E-state index in [0.29, 0.717) is 11.3 Å². The fourth-order valence-electron chi connectivity index (χ4n) is 1.66. The third-order valence-corrected chi connectivity index (χ3v) is 2.78. The largest absolute Gasteiger partial charge is 0.480 e. The summed E-state index contributed by atoms with van der Waals surface area (Å²) in [6, 6.07) is 6.79. The lowest BCUT2D eigenvalue weighted by Crippen LogP contribution is -2.25. The molecule has 3 N–H and O–H groups in total. The Morgan fingerprint density at radius 3 is 2.67 bits per heavy atom. The number of carboxylic acid groups (broad SMARTS) is 1. The minimum atomic E-state index is -1.14. The smallest absolute Gasteiger partial charge is 0.329 e. The highest BCUT2D eigenvalue weighted by Gasteiger charge is 2.23. The predicted octanol–water partition coefficient (Wildman–Crippen LogP) is 0.618. The van der Waals surface area contributed by atoms with Crippen molar-refractivity contribution in [1.29, 1.82) is 0 Å². The summed E-state index contributed by atoms with van der Waals surface area (Å²) in [5, 5.41) is 13.8. The van der Waals surface area contributed by atoms with Crippen molar-refractivity contribution in [2.75, 3.05) is 18.5 Å². The maximum Gasteiger partial charge on any atom is 0.329 e. The number of amides is 2. The van der Waals surface area contributed by atoms with Crippen LogP contribution in [-0.4, -0.2) is 42.1 Å². The number of carbonyl (C=O) groups is 3. The van der Waals surface area contributed by atoms with E-state index in [-0.39, 0.29) is 18.6 Å². The molecule has 7 heteroatoms. The maximum absolute atomic E-state index is 11.9. The van der Waals surface area contributed by atoms with Crippen molar-refractivity contribution < 1.29 is 24.2 Å². The Kier molecular flexibility index (Phi) is 4.89. The Hall–Kier alpha value is -2.41. The summed E-state index contributed by atoms with van der Waals surface area (Å²) in [7, 11) is 0. The fraction of sp³-hybridized carbons (Fsp3) is 0.357. The average Bonchev–Trinajstić information content (AvgIpc) is 3.22. The first kappa shape index (κ1) is 15.0. The molecule has 0 spiro atoms. The summed E-state index contributed by atoms with van der Waals surface area (Å²) < 4.78 is 4.68. The Morgan fingerprint density at radius 2 is 2.00 bits per heavy atom. The number of aliphatic carboxylic acids is 1. The number of rotatable bonds is 7. The van der Waals surface area contributed by atoms with Crippen LogP contribution in [-0.2, 0) is 14.3 Å². The number of carboxylic acids is 1. The van der Waals surface area contributed by atoms with Crippen molar-refractivity contribution in [2.45, 2.75) is 18.9 Å². The van der Waals surface area contributed by atoms with Gasteiger partial charge in [0.15, 0.2) is 0 Å². The van der Waals surface area contributed by atoms with Gasteiger partial charge in [-0.3, -0.25) is 9.59 Å². The molecule has 1 aliphatic rings. The van der Waals surface area contributed by atoms with Crippen LogP contribution in [0.15, 0.2) is 24.3 Å². The molecule has 0 heterocycles. The van der Waals surface area contributed by atoms with Crippen LogP contribution in [0.3, 0.4) is 0 Å². The molecule has 0 aliphatic heterocycles.